The monoisotopic (exact) mass is 410 g/mol. The molecule has 2 aromatic rings. The number of Topliss-reactive ketones (excluding diaryl/α,β-unsaturated/α-hetero) is 1. The van der Waals surface area contributed by atoms with Crippen molar-refractivity contribution in [1.29, 1.82) is 0 Å². The number of benzene rings is 2. The van der Waals surface area contributed by atoms with E-state index >= 15 is 0 Å². The van der Waals surface area contributed by atoms with Gasteiger partial charge in [-0.25, -0.2) is 0 Å². The number of ether oxygens (including phenoxy) is 2. The summed E-state index contributed by atoms with van der Waals surface area (Å²) in [5.41, 5.74) is 2.01. The average Bonchev–Trinajstić information content (AvgIpc) is 2.78. The number of carbonyl (C=O) groups is 1. The van der Waals surface area contributed by atoms with E-state index in [2.05, 4.69) is 13.8 Å². The van der Waals surface area contributed by atoms with Crippen molar-refractivity contribution in [1.82, 2.24) is 0 Å². The second-order valence-electron chi connectivity index (χ2n) is 8.10. The molecule has 0 radical (unpaired) electrons. The third-order valence-corrected chi connectivity index (χ3v) is 5.60. The van der Waals surface area contributed by atoms with Crippen LogP contribution in [-0.2, 0) is 4.79 Å². The maximum absolute atomic E-state index is 13.2. The fourth-order valence-corrected chi connectivity index (χ4v) is 3.54. The number of hydrogen-bond donors (Lipinski definition) is 0. The molecule has 2 rings (SSSR count). The molecule has 0 saturated carbocycles. The zero-order valence-electron chi connectivity index (χ0n) is 19.2. The molecule has 0 spiro atoms. The highest BCUT2D eigenvalue weighted by atomic mass is 16.5. The van der Waals surface area contributed by atoms with Gasteiger partial charge in [-0.2, -0.15) is 0 Å². The van der Waals surface area contributed by atoms with Crippen LogP contribution in [-0.4, -0.2) is 19.0 Å². The van der Waals surface area contributed by atoms with E-state index in [1.165, 1.54) is 25.7 Å². The molecule has 0 aliphatic rings. The fourth-order valence-electron chi connectivity index (χ4n) is 3.54. The van der Waals surface area contributed by atoms with Gasteiger partial charge in [0, 0.05) is 11.8 Å². The number of carbonyl (C=O) groups excluding carboxylic acids is 1. The molecule has 3 nitrogen and oxygen atoms in total. The lowest BCUT2D eigenvalue weighted by molar-refractivity contribution is -0.121. The molecule has 0 heterocycles. The zero-order valence-corrected chi connectivity index (χ0v) is 19.2. The highest BCUT2D eigenvalue weighted by molar-refractivity contribution is 5.91. The Hall–Kier alpha value is -2.29. The van der Waals surface area contributed by atoms with Crippen molar-refractivity contribution >= 4 is 5.78 Å². The quantitative estimate of drug-likeness (QED) is 0.306. The Morgan fingerprint density at radius 1 is 0.733 bits per heavy atom. The van der Waals surface area contributed by atoms with Gasteiger partial charge in [0.15, 0.2) is 0 Å². The fraction of sp³-hybridized carbons (Fsp3) is 0.519. The van der Waals surface area contributed by atoms with E-state index in [1.807, 2.05) is 62.4 Å². The Bertz CT molecular complexity index is 705. The van der Waals surface area contributed by atoms with E-state index in [-0.39, 0.29) is 17.6 Å². The van der Waals surface area contributed by atoms with Crippen LogP contribution in [0.15, 0.2) is 48.5 Å². The van der Waals surface area contributed by atoms with E-state index in [1.54, 1.807) is 0 Å². The molecule has 0 aromatic heterocycles. The van der Waals surface area contributed by atoms with E-state index < -0.39 is 0 Å². The number of unbranched alkanes of at least 4 members (excludes halogenated alkanes) is 4. The molecular formula is C27H38O3. The van der Waals surface area contributed by atoms with Crippen LogP contribution in [0.3, 0.4) is 0 Å². The third-order valence-electron chi connectivity index (χ3n) is 5.60. The highest BCUT2D eigenvalue weighted by Crippen LogP contribution is 2.29. The highest BCUT2D eigenvalue weighted by Gasteiger charge is 2.23. The van der Waals surface area contributed by atoms with Gasteiger partial charge in [-0.05, 0) is 48.2 Å². The molecule has 0 fully saturated rings. The molecule has 0 aliphatic carbocycles. The summed E-state index contributed by atoms with van der Waals surface area (Å²) >= 11 is 0. The Labute approximate surface area is 182 Å². The van der Waals surface area contributed by atoms with Crippen molar-refractivity contribution in [2.75, 3.05) is 13.2 Å². The van der Waals surface area contributed by atoms with Crippen molar-refractivity contribution in [3.05, 3.63) is 59.7 Å². The maximum Gasteiger partial charge on any atom is 0.147 e. The van der Waals surface area contributed by atoms with Crippen LogP contribution < -0.4 is 9.47 Å². The summed E-state index contributed by atoms with van der Waals surface area (Å²) in [6.45, 7) is 9.79. The van der Waals surface area contributed by atoms with Crippen molar-refractivity contribution < 1.29 is 14.3 Å². The predicted molar refractivity (Wildman–Crippen MR) is 125 cm³/mol. The molecule has 0 aliphatic heterocycles. The van der Waals surface area contributed by atoms with Crippen molar-refractivity contribution in [2.45, 2.75) is 78.1 Å². The first kappa shape index (κ1) is 24.0. The minimum absolute atomic E-state index is 0.187. The second-order valence-corrected chi connectivity index (χ2v) is 8.10. The summed E-state index contributed by atoms with van der Waals surface area (Å²) in [6.07, 6.45) is 6.82. The van der Waals surface area contributed by atoms with Crippen molar-refractivity contribution in [3.63, 3.8) is 0 Å². The first-order valence-electron chi connectivity index (χ1n) is 11.6. The Morgan fingerprint density at radius 3 is 1.57 bits per heavy atom. The van der Waals surface area contributed by atoms with Crippen LogP contribution in [0.2, 0.25) is 0 Å². The van der Waals surface area contributed by atoms with E-state index in [0.29, 0.717) is 0 Å². The Balaban J connectivity index is 2.00. The molecule has 3 heteroatoms. The van der Waals surface area contributed by atoms with E-state index in [0.717, 1.165) is 48.7 Å². The van der Waals surface area contributed by atoms with Gasteiger partial charge in [-0.1, -0.05) is 77.6 Å². The molecule has 2 unspecified atom stereocenters. The smallest absolute Gasteiger partial charge is 0.147 e. The van der Waals surface area contributed by atoms with E-state index in [4.69, 9.17) is 9.47 Å². The molecular weight excluding hydrogens is 372 g/mol. The van der Waals surface area contributed by atoms with Crippen LogP contribution in [0.5, 0.6) is 11.5 Å². The number of ketones is 1. The summed E-state index contributed by atoms with van der Waals surface area (Å²) in [5, 5.41) is 0. The lowest BCUT2D eigenvalue weighted by atomic mass is 9.86. The normalized spacial score (nSPS) is 12.9. The van der Waals surface area contributed by atoms with Gasteiger partial charge in [0.1, 0.15) is 17.3 Å². The van der Waals surface area contributed by atoms with Gasteiger partial charge < -0.3 is 9.47 Å². The second kappa shape index (κ2) is 13.1. The summed E-state index contributed by atoms with van der Waals surface area (Å²) in [5.74, 6) is 1.53. The van der Waals surface area contributed by atoms with Gasteiger partial charge in [0.25, 0.3) is 0 Å². The minimum Gasteiger partial charge on any atom is -0.494 e. The lowest BCUT2D eigenvalue weighted by Gasteiger charge is -2.18. The molecule has 2 atom stereocenters. The Morgan fingerprint density at radius 2 is 1.17 bits per heavy atom. The van der Waals surface area contributed by atoms with Crippen molar-refractivity contribution in [2.24, 2.45) is 0 Å². The van der Waals surface area contributed by atoms with E-state index in [9.17, 15) is 4.79 Å². The predicted octanol–water partition coefficient (Wildman–Crippen LogP) is 7.30. The van der Waals surface area contributed by atoms with Gasteiger partial charge in [0.05, 0.1) is 13.2 Å². The SMILES string of the molecule is CCCCCOc1cccc(C(C)C(=O)C(C)c2cccc(OCCCCC)c2)c1. The molecule has 30 heavy (non-hydrogen) atoms. The maximum atomic E-state index is 13.2. The first-order chi connectivity index (χ1) is 14.6. The molecule has 2 aromatic carbocycles. The zero-order chi connectivity index (χ0) is 21.8. The van der Waals surface area contributed by atoms with Crippen molar-refractivity contribution in [3.8, 4) is 11.5 Å². The molecule has 0 amide bonds. The van der Waals surface area contributed by atoms with Crippen LogP contribution in [0.1, 0.15) is 89.2 Å². The largest absolute Gasteiger partial charge is 0.494 e. The summed E-state index contributed by atoms with van der Waals surface area (Å²) in [6, 6.07) is 15.9. The average molecular weight is 411 g/mol. The molecule has 0 bridgehead atoms. The van der Waals surface area contributed by atoms with Gasteiger partial charge in [-0.3, -0.25) is 4.79 Å². The first-order valence-corrected chi connectivity index (χ1v) is 11.6. The summed E-state index contributed by atoms with van der Waals surface area (Å²) in [7, 11) is 0. The summed E-state index contributed by atoms with van der Waals surface area (Å²) < 4.78 is 11.7. The minimum atomic E-state index is -0.187. The van der Waals surface area contributed by atoms with Crippen LogP contribution in [0.4, 0.5) is 0 Å². The molecule has 0 N–H and O–H groups in total. The lowest BCUT2D eigenvalue weighted by Crippen LogP contribution is -2.16. The molecule has 164 valence electrons. The van der Waals surface area contributed by atoms with Gasteiger partial charge in [-0.15, -0.1) is 0 Å². The summed E-state index contributed by atoms with van der Waals surface area (Å²) in [4.78, 5) is 13.2. The Kier molecular flexibility index (Phi) is 10.5. The standard InChI is InChI=1S/C27H38O3/c1-5-7-9-17-29-25-15-11-13-23(19-25)21(3)27(28)22(4)24-14-12-16-26(20-24)30-18-10-8-6-2/h11-16,19-22H,5-10,17-18H2,1-4H3. The topological polar surface area (TPSA) is 35.5 Å². The van der Waals surface area contributed by atoms with Crippen LogP contribution >= 0.6 is 0 Å². The number of hydrogen-bond acceptors (Lipinski definition) is 3. The van der Waals surface area contributed by atoms with Gasteiger partial charge >= 0.3 is 0 Å². The number of rotatable bonds is 14. The van der Waals surface area contributed by atoms with Crippen LogP contribution in [0, 0.1) is 0 Å². The third kappa shape index (κ3) is 7.51. The molecule has 0 saturated heterocycles. The van der Waals surface area contributed by atoms with Gasteiger partial charge in [0.2, 0.25) is 0 Å². The van der Waals surface area contributed by atoms with Crippen LogP contribution in [0.25, 0.3) is 0 Å².